The molecule has 0 bridgehead atoms. The highest BCUT2D eigenvalue weighted by Gasteiger charge is 2.26. The number of carbonyl (C=O) groups excluding carboxylic acids is 2. The van der Waals surface area contributed by atoms with Gasteiger partial charge in [0.2, 0.25) is 0 Å². The van der Waals surface area contributed by atoms with Gasteiger partial charge in [-0.2, -0.15) is 12.6 Å². The maximum atomic E-state index is 12.6. The van der Waals surface area contributed by atoms with Crippen molar-refractivity contribution in [1.29, 1.82) is 0 Å². The zero-order chi connectivity index (χ0) is 59.1. The van der Waals surface area contributed by atoms with Crippen LogP contribution >= 0.6 is 55.8 Å². The van der Waals surface area contributed by atoms with Crippen molar-refractivity contribution in [3.63, 3.8) is 0 Å². The number of anilines is 2. The second kappa shape index (κ2) is 32.9. The number of thiol groups is 1. The normalized spacial score (nSPS) is 12.3. The van der Waals surface area contributed by atoms with Crippen LogP contribution in [0.4, 0.5) is 21.2 Å². The summed E-state index contributed by atoms with van der Waals surface area (Å²) in [5.74, 6) is 1.47. The Labute approximate surface area is 492 Å². The summed E-state index contributed by atoms with van der Waals surface area (Å²) in [6.07, 6.45) is 2.10. The maximum Gasteiger partial charge on any atom is 0.412 e. The molecule has 2 amide bonds. The quantitative estimate of drug-likeness (QED) is 0.0136. The van der Waals surface area contributed by atoms with E-state index in [0.29, 0.717) is 83.6 Å². The van der Waals surface area contributed by atoms with Crippen molar-refractivity contribution in [2.45, 2.75) is 134 Å². The molecule has 0 fully saturated rings. The molecule has 21 nitrogen and oxygen atoms in total. The number of pyridine rings is 3. The predicted octanol–water partition coefficient (Wildman–Crippen LogP) is 11.5. The van der Waals surface area contributed by atoms with Gasteiger partial charge in [-0.1, -0.05) is 88.7 Å². The van der Waals surface area contributed by atoms with Crippen LogP contribution in [0.1, 0.15) is 92.7 Å². The summed E-state index contributed by atoms with van der Waals surface area (Å²) in [5.41, 5.74) is 1.91. The fraction of sp³-hybridized carbons (Fsp3) is 0.473. The molecule has 2 aromatic carbocycles. The molecule has 2 unspecified atom stereocenters. The minimum Gasteiger partial charge on any atom is -0.481 e. The number of carbonyl (C=O) groups is 4. The fourth-order valence-electron chi connectivity index (χ4n) is 7.63. The number of hydrogen-bond donors (Lipinski definition) is 7. The van der Waals surface area contributed by atoms with Gasteiger partial charge in [0.1, 0.15) is 54.1 Å². The molecule has 26 heteroatoms. The smallest absolute Gasteiger partial charge is 0.412 e. The van der Waals surface area contributed by atoms with Gasteiger partial charge in [-0.15, -0.1) is 0 Å². The Morgan fingerprint density at radius 3 is 1.53 bits per heavy atom. The van der Waals surface area contributed by atoms with E-state index in [2.05, 4.69) is 38.2 Å². The van der Waals surface area contributed by atoms with Crippen LogP contribution in [0.3, 0.4) is 0 Å². The molecule has 0 aliphatic heterocycles. The highest BCUT2D eigenvalue weighted by Crippen LogP contribution is 2.35. The molecule has 81 heavy (non-hydrogen) atoms. The number of aliphatic hydroxyl groups is 2. The number of nitrogens with one attached hydrogen (secondary N) is 2. The summed E-state index contributed by atoms with van der Waals surface area (Å²) in [6, 6.07) is 20.9. The molecule has 6 N–H and O–H groups in total. The van der Waals surface area contributed by atoms with Crippen LogP contribution in [0.25, 0.3) is 43.9 Å². The largest absolute Gasteiger partial charge is 0.481 e. The van der Waals surface area contributed by atoms with Crippen molar-refractivity contribution in [3.05, 3.63) is 84.6 Å². The van der Waals surface area contributed by atoms with Crippen LogP contribution < -0.4 is 10.6 Å². The lowest BCUT2D eigenvalue weighted by atomic mass is 10.1. The van der Waals surface area contributed by atoms with Gasteiger partial charge >= 0.3 is 24.1 Å². The number of fused-ring (bicyclic) bond motifs is 6. The second-order valence-corrected chi connectivity index (χ2v) is 25.8. The maximum absolute atomic E-state index is 12.6. The SMILES string of the molecule is CC(S)CCC(=O)O.CCOCc1nc2c(NC(=O)OCCSSC(C)CCC(=O)O)nc3ccccc3c2n1CC(C)(C)O.CCOCc1nc2c(NC(=O)OCCSSc3ccccn3)nc3ccccc3c2n1CC(C)(C)O. The molecule has 0 spiro atoms. The zero-order valence-electron chi connectivity index (χ0n) is 46.7. The van der Waals surface area contributed by atoms with Gasteiger partial charge in [-0.3, -0.25) is 20.2 Å². The highest BCUT2D eigenvalue weighted by molar-refractivity contribution is 8.77. The molecule has 0 aliphatic carbocycles. The summed E-state index contributed by atoms with van der Waals surface area (Å²) in [5, 5.41) is 46.6. The Kier molecular flexibility index (Phi) is 26.9. The van der Waals surface area contributed by atoms with E-state index >= 15 is 0 Å². The van der Waals surface area contributed by atoms with Crippen molar-refractivity contribution in [2.24, 2.45) is 0 Å². The Hall–Kier alpha value is -5.58. The molecule has 440 valence electrons. The third-order valence-electron chi connectivity index (χ3n) is 11.1. The molecule has 2 atom stereocenters. The summed E-state index contributed by atoms with van der Waals surface area (Å²) in [7, 11) is 6.20. The first-order valence-corrected chi connectivity index (χ1v) is 31.4. The lowest BCUT2D eigenvalue weighted by molar-refractivity contribution is -0.138. The van der Waals surface area contributed by atoms with Gasteiger partial charge in [-0.05, 0) is 94.7 Å². The van der Waals surface area contributed by atoms with Crippen LogP contribution in [0, 0.1) is 0 Å². The van der Waals surface area contributed by atoms with Crippen molar-refractivity contribution in [2.75, 3.05) is 48.6 Å². The van der Waals surface area contributed by atoms with Crippen LogP contribution in [0.5, 0.6) is 0 Å². The topological polar surface area (TPSA) is 284 Å². The monoisotopic (exact) mass is 1210 g/mol. The summed E-state index contributed by atoms with van der Waals surface area (Å²) in [4.78, 5) is 68.8. The van der Waals surface area contributed by atoms with Gasteiger partial charge in [-0.25, -0.2) is 34.5 Å². The minimum absolute atomic E-state index is 0.138. The molecule has 0 aliphatic rings. The van der Waals surface area contributed by atoms with Gasteiger partial charge in [0.25, 0.3) is 0 Å². The summed E-state index contributed by atoms with van der Waals surface area (Å²) >= 11 is 4.01. The van der Waals surface area contributed by atoms with E-state index in [4.69, 9.17) is 39.1 Å². The number of carboxylic acids is 2. The number of ether oxygens (including phenoxy) is 4. The number of aliphatic carboxylic acids is 2. The van der Waals surface area contributed by atoms with Crippen molar-refractivity contribution in [1.82, 2.24) is 34.1 Å². The van der Waals surface area contributed by atoms with E-state index in [1.54, 1.807) is 55.5 Å². The van der Waals surface area contributed by atoms with Crippen LogP contribution in [-0.4, -0.2) is 138 Å². The average molecular weight is 1210 g/mol. The third-order valence-corrected chi connectivity index (χ3v) is 16.5. The van der Waals surface area contributed by atoms with Crippen LogP contribution in [0.2, 0.25) is 0 Å². The van der Waals surface area contributed by atoms with Gasteiger partial charge in [0.15, 0.2) is 11.6 Å². The van der Waals surface area contributed by atoms with Crippen LogP contribution in [0.15, 0.2) is 78.0 Å². The fourth-order valence-corrected chi connectivity index (χ4v) is 11.6. The predicted molar refractivity (Wildman–Crippen MR) is 328 cm³/mol. The molecule has 5 heterocycles. The van der Waals surface area contributed by atoms with E-state index in [1.165, 1.54) is 21.6 Å². The van der Waals surface area contributed by atoms with E-state index in [1.807, 2.05) is 104 Å². The number of amides is 2. The van der Waals surface area contributed by atoms with E-state index in [-0.39, 0.29) is 62.1 Å². The first kappa shape index (κ1) is 66.2. The number of aromatic nitrogens is 7. The van der Waals surface area contributed by atoms with E-state index < -0.39 is 35.3 Å². The molecular formula is C55H73N9O12S5. The average Bonchev–Trinajstić information content (AvgIpc) is 4.05. The molecule has 0 saturated carbocycles. The lowest BCUT2D eigenvalue weighted by Crippen LogP contribution is -2.27. The number of hydrogen-bond acceptors (Lipinski definition) is 20. The van der Waals surface area contributed by atoms with Crippen LogP contribution in [-0.2, 0) is 54.8 Å². The number of carboxylic acid groups (broad SMARTS) is 2. The first-order valence-electron chi connectivity index (χ1n) is 26.2. The summed E-state index contributed by atoms with van der Waals surface area (Å²) in [6.45, 7) is 17.2. The van der Waals surface area contributed by atoms with E-state index in [0.717, 1.165) is 26.8 Å². The standard InChI is InChI=1S/C25H29N5O4S2.C25H34N4O6S2.C5H10O2S/c1-4-33-15-19-28-21-22(30(19)16-25(2,3)32)17-9-5-6-10-18(17)27-23(21)29-24(31)34-13-14-35-36-20-11-7-8-12-26-20;1-5-34-14-19-27-21-22(29(19)15-25(3,4)33)17-8-6-7-9-18(17)26-23(21)28-24(32)35-12-13-36-37-16(2)10-11-20(30)31;1-4(8)2-3-5(6)7/h5-12,32H,4,13-16H2,1-3H3,(H,27,29,31);6-9,16,33H,5,10-15H2,1-4H3,(H,30,31)(H,26,28,32);4,8H,2-3H2,1H3,(H,6,7). The van der Waals surface area contributed by atoms with Crippen molar-refractivity contribution < 1.29 is 58.6 Å². The summed E-state index contributed by atoms with van der Waals surface area (Å²) < 4.78 is 25.9. The minimum atomic E-state index is -1.01. The van der Waals surface area contributed by atoms with Gasteiger partial charge < -0.3 is 48.5 Å². The molecule has 5 aromatic heterocycles. The Balaban J connectivity index is 0.000000262. The molecule has 7 rings (SSSR count). The lowest BCUT2D eigenvalue weighted by Gasteiger charge is -2.20. The third kappa shape index (κ3) is 22.3. The number of imidazole rings is 2. The Morgan fingerprint density at radius 2 is 1.11 bits per heavy atom. The van der Waals surface area contributed by atoms with Crippen molar-refractivity contribution in [3.8, 4) is 0 Å². The zero-order valence-corrected chi connectivity index (χ0v) is 50.9. The number of benzene rings is 2. The Morgan fingerprint density at radius 1 is 0.654 bits per heavy atom. The van der Waals surface area contributed by atoms with Gasteiger partial charge in [0, 0.05) is 59.8 Å². The second-order valence-electron chi connectivity index (χ2n) is 19.5. The van der Waals surface area contributed by atoms with Gasteiger partial charge in [0.05, 0.1) is 46.4 Å². The molecule has 7 aromatic rings. The number of para-hydroxylation sites is 2. The van der Waals surface area contributed by atoms with Crippen molar-refractivity contribution >= 4 is 135 Å². The number of rotatable bonds is 28. The number of nitrogens with zero attached hydrogens (tertiary/aromatic N) is 7. The molecular weight excluding hydrogens is 1140 g/mol. The molecule has 0 radical (unpaired) electrons. The first-order chi connectivity index (χ1) is 38.6. The highest BCUT2D eigenvalue weighted by atomic mass is 33.1. The van der Waals surface area contributed by atoms with E-state index in [9.17, 15) is 29.4 Å². The Bertz CT molecular complexity index is 3150. The molecule has 0 saturated heterocycles.